The molecule has 0 aliphatic carbocycles. The quantitative estimate of drug-likeness (QED) is 0.774. The Balaban J connectivity index is 2.03. The first-order valence-electron chi connectivity index (χ1n) is 6.04. The Morgan fingerprint density at radius 2 is 2.10 bits per heavy atom. The Hall–Kier alpha value is -2.47. The Labute approximate surface area is 114 Å². The van der Waals surface area contributed by atoms with Crippen LogP contribution in [-0.4, -0.2) is 10.9 Å². The van der Waals surface area contributed by atoms with Crippen LogP contribution in [0.5, 0.6) is 0 Å². The van der Waals surface area contributed by atoms with Crippen molar-refractivity contribution in [1.29, 1.82) is 0 Å². The second-order valence-electron chi connectivity index (χ2n) is 4.25. The van der Waals surface area contributed by atoms with Crippen LogP contribution in [0, 0.1) is 5.82 Å². The van der Waals surface area contributed by atoms with Crippen LogP contribution in [0.3, 0.4) is 0 Å². The number of hydrogen-bond donors (Lipinski definition) is 3. The molecule has 1 amide bonds. The maximum Gasteiger partial charge on any atom is 0.253 e. The largest absolute Gasteiger partial charge is 0.348 e. The van der Waals surface area contributed by atoms with Crippen LogP contribution in [-0.2, 0) is 13.1 Å². The molecule has 4 N–H and O–H groups in total. The number of aromatic amines is 1. The van der Waals surface area contributed by atoms with Gasteiger partial charge in [0.1, 0.15) is 5.82 Å². The molecule has 2 aromatic rings. The van der Waals surface area contributed by atoms with Gasteiger partial charge in [0.15, 0.2) is 0 Å². The van der Waals surface area contributed by atoms with Gasteiger partial charge in [0, 0.05) is 30.9 Å². The molecular weight excluding hydrogens is 261 g/mol. The molecule has 104 valence electrons. The maximum atomic E-state index is 13.7. The molecule has 0 radical (unpaired) electrons. The summed E-state index contributed by atoms with van der Waals surface area (Å²) in [7, 11) is 0. The van der Waals surface area contributed by atoms with E-state index in [-0.39, 0.29) is 24.6 Å². The lowest BCUT2D eigenvalue weighted by molar-refractivity contribution is 0.0950. The zero-order valence-corrected chi connectivity index (χ0v) is 10.7. The van der Waals surface area contributed by atoms with Crippen molar-refractivity contribution in [3.8, 4) is 0 Å². The van der Waals surface area contributed by atoms with Crippen molar-refractivity contribution in [2.24, 2.45) is 5.73 Å². The first-order chi connectivity index (χ1) is 9.60. The minimum absolute atomic E-state index is 0.0641. The summed E-state index contributed by atoms with van der Waals surface area (Å²) >= 11 is 0. The Kier molecular flexibility index (Phi) is 4.27. The summed E-state index contributed by atoms with van der Waals surface area (Å²) in [6, 6.07) is 7.31. The lowest BCUT2D eigenvalue weighted by atomic mass is 10.1. The summed E-state index contributed by atoms with van der Waals surface area (Å²) in [4.78, 5) is 25.1. The summed E-state index contributed by atoms with van der Waals surface area (Å²) in [6.45, 7) is 0.329. The predicted octanol–water partition coefficient (Wildman–Crippen LogP) is 0.903. The van der Waals surface area contributed by atoms with Crippen molar-refractivity contribution in [3.63, 3.8) is 0 Å². The third kappa shape index (κ3) is 3.30. The summed E-state index contributed by atoms with van der Waals surface area (Å²) in [6.07, 6.45) is 1.31. The number of nitrogens with two attached hydrogens (primary N) is 1. The van der Waals surface area contributed by atoms with Gasteiger partial charge in [0.2, 0.25) is 5.56 Å². The number of benzene rings is 1. The van der Waals surface area contributed by atoms with Gasteiger partial charge in [-0.15, -0.1) is 0 Å². The molecule has 0 saturated heterocycles. The van der Waals surface area contributed by atoms with E-state index in [0.29, 0.717) is 16.7 Å². The first-order valence-corrected chi connectivity index (χ1v) is 6.04. The van der Waals surface area contributed by atoms with Gasteiger partial charge in [-0.25, -0.2) is 4.39 Å². The second-order valence-corrected chi connectivity index (χ2v) is 4.25. The van der Waals surface area contributed by atoms with Gasteiger partial charge in [0.25, 0.3) is 5.91 Å². The van der Waals surface area contributed by atoms with Crippen molar-refractivity contribution in [3.05, 3.63) is 69.4 Å². The Morgan fingerprint density at radius 3 is 2.70 bits per heavy atom. The molecular formula is C14H14FN3O2. The molecule has 0 aliphatic rings. The number of H-pyrrole nitrogens is 1. The van der Waals surface area contributed by atoms with Gasteiger partial charge in [-0.3, -0.25) is 9.59 Å². The van der Waals surface area contributed by atoms with E-state index in [4.69, 9.17) is 5.73 Å². The average Bonchev–Trinajstić information content (AvgIpc) is 2.46. The standard InChI is InChI=1S/C14H14FN3O2/c15-12-5-9(6-16)1-2-10(12)7-18-14(20)11-3-4-13(19)17-8-11/h1-5,8H,6-7,16H2,(H,17,19)(H,18,20). The second kappa shape index (κ2) is 6.12. The molecule has 20 heavy (non-hydrogen) atoms. The minimum atomic E-state index is -0.408. The van der Waals surface area contributed by atoms with Crippen LogP contribution < -0.4 is 16.6 Å². The number of carbonyl (C=O) groups is 1. The topological polar surface area (TPSA) is 88.0 Å². The van der Waals surface area contributed by atoms with Crippen LogP contribution in [0.25, 0.3) is 0 Å². The SMILES string of the molecule is NCc1ccc(CNC(=O)c2ccc(=O)[nH]c2)c(F)c1. The molecule has 1 aromatic carbocycles. The molecule has 6 heteroatoms. The van der Waals surface area contributed by atoms with Gasteiger partial charge < -0.3 is 16.0 Å². The number of hydrogen-bond acceptors (Lipinski definition) is 3. The lowest BCUT2D eigenvalue weighted by Crippen LogP contribution is -2.24. The third-order valence-corrected chi connectivity index (χ3v) is 2.84. The van der Waals surface area contributed by atoms with E-state index < -0.39 is 5.82 Å². The maximum absolute atomic E-state index is 13.7. The fourth-order valence-corrected chi connectivity index (χ4v) is 1.69. The molecule has 0 saturated carbocycles. The molecule has 1 heterocycles. The van der Waals surface area contributed by atoms with E-state index in [2.05, 4.69) is 10.3 Å². The number of nitrogens with one attached hydrogen (secondary N) is 2. The molecule has 0 unspecified atom stereocenters. The number of amides is 1. The number of pyridine rings is 1. The zero-order valence-electron chi connectivity index (χ0n) is 10.7. The summed E-state index contributed by atoms with van der Waals surface area (Å²) < 4.78 is 13.7. The molecule has 0 spiro atoms. The van der Waals surface area contributed by atoms with E-state index >= 15 is 0 Å². The summed E-state index contributed by atoms with van der Waals surface area (Å²) in [5, 5.41) is 2.58. The molecule has 0 bridgehead atoms. The van der Waals surface area contributed by atoms with Gasteiger partial charge in [-0.1, -0.05) is 12.1 Å². The van der Waals surface area contributed by atoms with E-state index in [1.807, 2.05) is 0 Å². The lowest BCUT2D eigenvalue weighted by Gasteiger charge is -2.07. The highest BCUT2D eigenvalue weighted by Gasteiger charge is 2.08. The Bertz CT molecular complexity index is 662. The van der Waals surface area contributed by atoms with Gasteiger partial charge in [0.05, 0.1) is 5.56 Å². The number of carbonyl (C=O) groups excluding carboxylic acids is 1. The van der Waals surface area contributed by atoms with E-state index in [9.17, 15) is 14.0 Å². The van der Waals surface area contributed by atoms with Crippen LogP contribution >= 0.6 is 0 Å². The van der Waals surface area contributed by atoms with Crippen molar-refractivity contribution in [2.75, 3.05) is 0 Å². The highest BCUT2D eigenvalue weighted by molar-refractivity contribution is 5.93. The summed E-state index contributed by atoms with van der Waals surface area (Å²) in [5.74, 6) is -0.793. The first kappa shape index (κ1) is 14.0. The predicted molar refractivity (Wildman–Crippen MR) is 72.5 cm³/mol. The zero-order chi connectivity index (χ0) is 14.5. The van der Waals surface area contributed by atoms with Crippen molar-refractivity contribution in [1.82, 2.24) is 10.3 Å². The van der Waals surface area contributed by atoms with E-state index in [1.165, 1.54) is 24.4 Å². The highest BCUT2D eigenvalue weighted by atomic mass is 19.1. The minimum Gasteiger partial charge on any atom is -0.348 e. The normalized spacial score (nSPS) is 10.3. The summed E-state index contributed by atoms with van der Waals surface area (Å²) in [5.41, 5.74) is 6.50. The number of halogens is 1. The van der Waals surface area contributed by atoms with Crippen LogP contribution in [0.2, 0.25) is 0 Å². The van der Waals surface area contributed by atoms with Gasteiger partial charge in [-0.05, 0) is 17.7 Å². The molecule has 2 rings (SSSR count). The highest BCUT2D eigenvalue weighted by Crippen LogP contribution is 2.10. The molecule has 0 fully saturated rings. The van der Waals surface area contributed by atoms with E-state index in [0.717, 1.165) is 0 Å². The van der Waals surface area contributed by atoms with Crippen molar-refractivity contribution >= 4 is 5.91 Å². The van der Waals surface area contributed by atoms with Gasteiger partial charge >= 0.3 is 0 Å². The van der Waals surface area contributed by atoms with Crippen molar-refractivity contribution < 1.29 is 9.18 Å². The van der Waals surface area contributed by atoms with E-state index in [1.54, 1.807) is 12.1 Å². The van der Waals surface area contributed by atoms with Crippen molar-refractivity contribution in [2.45, 2.75) is 13.1 Å². The van der Waals surface area contributed by atoms with Crippen LogP contribution in [0.4, 0.5) is 4.39 Å². The molecule has 5 nitrogen and oxygen atoms in total. The monoisotopic (exact) mass is 275 g/mol. The fraction of sp³-hybridized carbons (Fsp3) is 0.143. The number of rotatable bonds is 4. The Morgan fingerprint density at radius 1 is 1.30 bits per heavy atom. The molecule has 0 aliphatic heterocycles. The third-order valence-electron chi connectivity index (χ3n) is 2.84. The van der Waals surface area contributed by atoms with Crippen LogP contribution in [0.15, 0.2) is 41.3 Å². The van der Waals surface area contributed by atoms with Crippen LogP contribution in [0.1, 0.15) is 21.5 Å². The van der Waals surface area contributed by atoms with Gasteiger partial charge in [-0.2, -0.15) is 0 Å². The smallest absolute Gasteiger partial charge is 0.253 e. The molecule has 1 aromatic heterocycles. The fourth-order valence-electron chi connectivity index (χ4n) is 1.69. The molecule has 0 atom stereocenters. The number of aromatic nitrogens is 1. The average molecular weight is 275 g/mol.